The van der Waals surface area contributed by atoms with Crippen molar-refractivity contribution in [1.29, 1.82) is 0 Å². The molecule has 0 spiro atoms. The second-order valence-electron chi connectivity index (χ2n) is 5.71. The van der Waals surface area contributed by atoms with Crippen LogP contribution in [0.5, 0.6) is 0 Å². The molecule has 18 heavy (non-hydrogen) atoms. The zero-order valence-electron chi connectivity index (χ0n) is 11.8. The van der Waals surface area contributed by atoms with Crippen molar-refractivity contribution in [2.45, 2.75) is 51.1 Å². The van der Waals surface area contributed by atoms with Crippen molar-refractivity contribution < 1.29 is 4.79 Å². The molecule has 0 aromatic heterocycles. The number of likely N-dealkylation sites (N-methyl/N-ethyl adjacent to an activating group) is 1. The summed E-state index contributed by atoms with van der Waals surface area (Å²) in [6.45, 7) is 6.16. The third-order valence-corrected chi connectivity index (χ3v) is 4.27. The Morgan fingerprint density at radius 1 is 1.28 bits per heavy atom. The third-order valence-electron chi connectivity index (χ3n) is 4.27. The van der Waals surface area contributed by atoms with E-state index in [4.69, 9.17) is 0 Å². The summed E-state index contributed by atoms with van der Waals surface area (Å²) in [5, 5.41) is 3.38. The molecule has 2 unspecified atom stereocenters. The lowest BCUT2D eigenvalue weighted by Crippen LogP contribution is -2.53. The van der Waals surface area contributed by atoms with E-state index in [0.29, 0.717) is 11.9 Å². The van der Waals surface area contributed by atoms with E-state index in [0.717, 1.165) is 38.9 Å². The van der Waals surface area contributed by atoms with Crippen LogP contribution in [0.2, 0.25) is 0 Å². The summed E-state index contributed by atoms with van der Waals surface area (Å²) in [7, 11) is 2.18. The van der Waals surface area contributed by atoms with Crippen LogP contribution < -0.4 is 5.32 Å². The average Bonchev–Trinajstić information content (AvgIpc) is 2.76. The van der Waals surface area contributed by atoms with Gasteiger partial charge in [-0.3, -0.25) is 4.79 Å². The van der Waals surface area contributed by atoms with Gasteiger partial charge in [-0.15, -0.1) is 0 Å². The number of hydrogen-bond donors (Lipinski definition) is 1. The first-order chi connectivity index (χ1) is 8.72. The zero-order valence-corrected chi connectivity index (χ0v) is 11.8. The van der Waals surface area contributed by atoms with Gasteiger partial charge in [-0.2, -0.15) is 0 Å². The maximum Gasteiger partial charge on any atom is 0.239 e. The molecule has 2 fully saturated rings. The number of carbonyl (C=O) groups excluding carboxylic acids is 1. The van der Waals surface area contributed by atoms with Gasteiger partial charge in [0.1, 0.15) is 0 Å². The lowest BCUT2D eigenvalue weighted by molar-refractivity contribution is -0.136. The highest BCUT2D eigenvalue weighted by Crippen LogP contribution is 2.19. The van der Waals surface area contributed by atoms with Gasteiger partial charge in [-0.05, 0) is 52.2 Å². The topological polar surface area (TPSA) is 35.6 Å². The standard InChI is InChI=1S/C14H27N3O/c1-3-8-15-13-7-5-10-17(14(13)18)11-12-6-4-9-16(12)2/h12-13,15H,3-11H2,1-2H3. The van der Waals surface area contributed by atoms with Crippen molar-refractivity contribution >= 4 is 5.91 Å². The van der Waals surface area contributed by atoms with E-state index in [1.807, 2.05) is 0 Å². The summed E-state index contributed by atoms with van der Waals surface area (Å²) >= 11 is 0. The predicted octanol–water partition coefficient (Wildman–Crippen LogP) is 1.07. The SMILES string of the molecule is CCCNC1CCCN(CC2CCCN2C)C1=O. The van der Waals surface area contributed by atoms with Gasteiger partial charge >= 0.3 is 0 Å². The molecule has 2 heterocycles. The Kier molecular flexibility index (Phi) is 5.01. The van der Waals surface area contributed by atoms with E-state index < -0.39 is 0 Å². The van der Waals surface area contributed by atoms with Crippen LogP contribution in [0.4, 0.5) is 0 Å². The average molecular weight is 253 g/mol. The molecule has 0 aromatic rings. The van der Waals surface area contributed by atoms with Gasteiger partial charge in [-0.25, -0.2) is 0 Å². The molecule has 0 aromatic carbocycles. The van der Waals surface area contributed by atoms with Crippen LogP contribution in [0, 0.1) is 0 Å². The van der Waals surface area contributed by atoms with Crippen molar-refractivity contribution in [3.63, 3.8) is 0 Å². The predicted molar refractivity (Wildman–Crippen MR) is 73.5 cm³/mol. The van der Waals surface area contributed by atoms with Crippen molar-refractivity contribution in [3.05, 3.63) is 0 Å². The summed E-state index contributed by atoms with van der Waals surface area (Å²) in [4.78, 5) is 16.9. The number of nitrogens with zero attached hydrogens (tertiary/aromatic N) is 2. The maximum atomic E-state index is 12.4. The number of hydrogen-bond acceptors (Lipinski definition) is 3. The summed E-state index contributed by atoms with van der Waals surface area (Å²) in [6.07, 6.45) is 5.77. The Labute approximate surface area is 111 Å². The fourth-order valence-corrected chi connectivity index (χ4v) is 3.09. The van der Waals surface area contributed by atoms with E-state index in [-0.39, 0.29) is 6.04 Å². The minimum absolute atomic E-state index is 0.0745. The van der Waals surface area contributed by atoms with Crippen LogP contribution in [0.1, 0.15) is 39.0 Å². The second kappa shape index (κ2) is 6.53. The summed E-state index contributed by atoms with van der Waals surface area (Å²) < 4.78 is 0. The maximum absolute atomic E-state index is 12.4. The molecular formula is C14H27N3O. The largest absolute Gasteiger partial charge is 0.340 e. The molecule has 0 radical (unpaired) electrons. The molecule has 2 saturated heterocycles. The van der Waals surface area contributed by atoms with Gasteiger partial charge in [0.2, 0.25) is 5.91 Å². The first-order valence-electron chi connectivity index (χ1n) is 7.44. The Hall–Kier alpha value is -0.610. The van der Waals surface area contributed by atoms with Crippen molar-refractivity contribution in [1.82, 2.24) is 15.1 Å². The lowest BCUT2D eigenvalue weighted by atomic mass is 10.0. The molecular weight excluding hydrogens is 226 g/mol. The Bertz CT molecular complexity index is 282. The van der Waals surface area contributed by atoms with Gasteiger partial charge < -0.3 is 15.1 Å². The summed E-state index contributed by atoms with van der Waals surface area (Å²) in [5.41, 5.74) is 0. The number of amides is 1. The minimum atomic E-state index is 0.0745. The molecule has 4 heteroatoms. The van der Waals surface area contributed by atoms with Gasteiger partial charge in [0.25, 0.3) is 0 Å². The summed E-state index contributed by atoms with van der Waals surface area (Å²) in [5.74, 6) is 0.329. The molecule has 2 atom stereocenters. The van der Waals surface area contributed by atoms with Crippen LogP contribution in [0.25, 0.3) is 0 Å². The monoisotopic (exact) mass is 253 g/mol. The van der Waals surface area contributed by atoms with E-state index in [2.05, 4.69) is 29.1 Å². The van der Waals surface area contributed by atoms with Gasteiger partial charge in [-0.1, -0.05) is 6.92 Å². The third kappa shape index (κ3) is 3.23. The molecule has 4 nitrogen and oxygen atoms in total. The Morgan fingerprint density at radius 3 is 2.72 bits per heavy atom. The molecule has 2 rings (SSSR count). The van der Waals surface area contributed by atoms with Gasteiger partial charge in [0.15, 0.2) is 0 Å². The molecule has 1 N–H and O–H groups in total. The number of piperidine rings is 1. The van der Waals surface area contributed by atoms with Crippen LogP contribution in [-0.2, 0) is 4.79 Å². The second-order valence-corrected chi connectivity index (χ2v) is 5.71. The minimum Gasteiger partial charge on any atom is -0.340 e. The zero-order chi connectivity index (χ0) is 13.0. The first kappa shape index (κ1) is 13.8. The van der Waals surface area contributed by atoms with Crippen molar-refractivity contribution in [2.24, 2.45) is 0 Å². The highest BCUT2D eigenvalue weighted by molar-refractivity contribution is 5.82. The van der Waals surface area contributed by atoms with Crippen molar-refractivity contribution in [2.75, 3.05) is 33.2 Å². The van der Waals surface area contributed by atoms with Gasteiger partial charge in [0, 0.05) is 19.1 Å². The van der Waals surface area contributed by atoms with Crippen LogP contribution in [-0.4, -0.2) is 61.0 Å². The molecule has 2 aliphatic heterocycles. The number of carbonyl (C=O) groups is 1. The fraction of sp³-hybridized carbons (Fsp3) is 0.929. The number of rotatable bonds is 5. The smallest absolute Gasteiger partial charge is 0.239 e. The molecule has 1 amide bonds. The highest BCUT2D eigenvalue weighted by Gasteiger charge is 2.31. The molecule has 0 saturated carbocycles. The van der Waals surface area contributed by atoms with E-state index in [9.17, 15) is 4.79 Å². The fourth-order valence-electron chi connectivity index (χ4n) is 3.09. The molecule has 0 bridgehead atoms. The first-order valence-corrected chi connectivity index (χ1v) is 7.44. The lowest BCUT2D eigenvalue weighted by Gasteiger charge is -2.35. The van der Waals surface area contributed by atoms with Crippen molar-refractivity contribution in [3.8, 4) is 0 Å². The van der Waals surface area contributed by atoms with E-state index >= 15 is 0 Å². The van der Waals surface area contributed by atoms with Crippen LogP contribution in [0.15, 0.2) is 0 Å². The quantitative estimate of drug-likeness (QED) is 0.796. The highest BCUT2D eigenvalue weighted by atomic mass is 16.2. The van der Waals surface area contributed by atoms with Gasteiger partial charge in [0.05, 0.1) is 6.04 Å². The Morgan fingerprint density at radius 2 is 2.06 bits per heavy atom. The normalized spacial score (nSPS) is 30.1. The van der Waals surface area contributed by atoms with Crippen LogP contribution >= 0.6 is 0 Å². The Balaban J connectivity index is 1.85. The number of nitrogens with one attached hydrogen (secondary N) is 1. The summed E-state index contributed by atoms with van der Waals surface area (Å²) in [6, 6.07) is 0.657. The van der Waals surface area contributed by atoms with E-state index in [1.165, 1.54) is 19.4 Å². The molecule has 104 valence electrons. The molecule has 2 aliphatic rings. The molecule has 0 aliphatic carbocycles. The van der Waals surface area contributed by atoms with E-state index in [1.54, 1.807) is 0 Å². The number of likely N-dealkylation sites (tertiary alicyclic amines) is 2. The van der Waals surface area contributed by atoms with Crippen LogP contribution in [0.3, 0.4) is 0 Å².